The molecule has 1 atom stereocenters. The maximum atomic E-state index is 5.49. The van der Waals surface area contributed by atoms with E-state index in [-0.39, 0.29) is 24.0 Å². The summed E-state index contributed by atoms with van der Waals surface area (Å²) in [6.07, 6.45) is 6.95. The van der Waals surface area contributed by atoms with Crippen molar-refractivity contribution >= 4 is 29.9 Å². The van der Waals surface area contributed by atoms with Crippen LogP contribution in [0.3, 0.4) is 0 Å². The van der Waals surface area contributed by atoms with Crippen LogP contribution in [0, 0.1) is 5.41 Å². The number of benzene rings is 1. The number of nitrogens with zero attached hydrogens (tertiary/aromatic N) is 2. The van der Waals surface area contributed by atoms with Gasteiger partial charge in [-0.2, -0.15) is 0 Å². The molecule has 4 nitrogen and oxygen atoms in total. The van der Waals surface area contributed by atoms with Crippen molar-refractivity contribution in [3.8, 4) is 5.75 Å². The van der Waals surface area contributed by atoms with Gasteiger partial charge in [-0.3, -0.25) is 4.99 Å². The number of likely N-dealkylation sites (tertiary alicyclic amines) is 1. The molecule has 25 heavy (non-hydrogen) atoms. The van der Waals surface area contributed by atoms with Crippen LogP contribution < -0.4 is 10.1 Å². The second kappa shape index (κ2) is 9.10. The highest BCUT2D eigenvalue weighted by Gasteiger charge is 2.41. The minimum Gasteiger partial charge on any atom is -0.496 e. The van der Waals surface area contributed by atoms with E-state index in [1.807, 2.05) is 19.2 Å². The first-order valence-corrected chi connectivity index (χ1v) is 9.26. The van der Waals surface area contributed by atoms with Crippen LogP contribution in [-0.4, -0.2) is 44.7 Å². The predicted octanol–water partition coefficient (Wildman–Crippen LogP) is 4.26. The van der Waals surface area contributed by atoms with Gasteiger partial charge < -0.3 is 15.0 Å². The Kier molecular flexibility index (Phi) is 7.40. The first kappa shape index (κ1) is 20.3. The Morgan fingerprint density at radius 2 is 2.00 bits per heavy atom. The molecule has 0 aromatic heterocycles. The maximum Gasteiger partial charge on any atom is 0.193 e. The highest BCUT2D eigenvalue weighted by Crippen LogP contribution is 2.45. The summed E-state index contributed by atoms with van der Waals surface area (Å²) in [6, 6.07) is 8.28. The zero-order chi connectivity index (χ0) is 17.0. The van der Waals surface area contributed by atoms with Gasteiger partial charge in [-0.05, 0) is 36.3 Å². The van der Waals surface area contributed by atoms with E-state index in [4.69, 9.17) is 4.74 Å². The summed E-state index contributed by atoms with van der Waals surface area (Å²) >= 11 is 0. The summed E-state index contributed by atoms with van der Waals surface area (Å²) in [5.74, 6) is 2.40. The molecule has 1 aromatic carbocycles. The van der Waals surface area contributed by atoms with Crippen LogP contribution >= 0.6 is 24.0 Å². The number of hydrogen-bond acceptors (Lipinski definition) is 2. The molecule has 5 heteroatoms. The summed E-state index contributed by atoms with van der Waals surface area (Å²) in [6.45, 7) is 5.43. The molecule has 140 valence electrons. The van der Waals surface area contributed by atoms with E-state index in [2.05, 4.69) is 34.3 Å². The molecule has 1 saturated heterocycles. The highest BCUT2D eigenvalue weighted by molar-refractivity contribution is 14.0. The summed E-state index contributed by atoms with van der Waals surface area (Å²) in [7, 11) is 3.64. The van der Waals surface area contributed by atoms with Crippen LogP contribution in [0.2, 0.25) is 0 Å². The standard InChI is InChI=1S/C20H31N3O.HI/c1-16(17-8-4-5-9-18(17)24-3)14-22-19(21-2)23-13-12-20(15-23)10-6-7-11-20;/h4-5,8-9,16H,6-7,10-15H2,1-3H3,(H,21,22);1H. The Morgan fingerprint density at radius 3 is 2.68 bits per heavy atom. The first-order chi connectivity index (χ1) is 11.7. The maximum absolute atomic E-state index is 5.49. The molecule has 1 unspecified atom stereocenters. The molecule has 3 rings (SSSR count). The monoisotopic (exact) mass is 457 g/mol. The van der Waals surface area contributed by atoms with Gasteiger partial charge in [-0.1, -0.05) is 38.0 Å². The normalized spacial score (nSPS) is 20.4. The van der Waals surface area contributed by atoms with Gasteiger partial charge in [0.2, 0.25) is 0 Å². The van der Waals surface area contributed by atoms with Crippen LogP contribution in [0.15, 0.2) is 29.3 Å². The summed E-state index contributed by atoms with van der Waals surface area (Å²) in [4.78, 5) is 6.99. The third-order valence-corrected chi connectivity index (χ3v) is 5.85. The number of aliphatic imine (C=N–C) groups is 1. The number of guanidine groups is 1. The quantitative estimate of drug-likeness (QED) is 0.417. The molecule has 1 N–H and O–H groups in total. The van der Waals surface area contributed by atoms with Crippen LogP contribution in [0.4, 0.5) is 0 Å². The fourth-order valence-electron chi connectivity index (χ4n) is 4.41. The average Bonchev–Trinajstić information content (AvgIpc) is 3.25. The second-order valence-electron chi connectivity index (χ2n) is 7.45. The lowest BCUT2D eigenvalue weighted by molar-refractivity contribution is 0.309. The van der Waals surface area contributed by atoms with Crippen molar-refractivity contribution in [1.29, 1.82) is 0 Å². The summed E-state index contributed by atoms with van der Waals surface area (Å²) in [5, 5.41) is 3.59. The van der Waals surface area contributed by atoms with E-state index < -0.39 is 0 Å². The van der Waals surface area contributed by atoms with E-state index >= 15 is 0 Å². The van der Waals surface area contributed by atoms with Gasteiger partial charge >= 0.3 is 0 Å². The minimum absolute atomic E-state index is 0. The predicted molar refractivity (Wildman–Crippen MR) is 115 cm³/mol. The zero-order valence-electron chi connectivity index (χ0n) is 15.8. The number of nitrogens with one attached hydrogen (secondary N) is 1. The average molecular weight is 457 g/mol. The molecule has 1 heterocycles. The Hall–Kier alpha value is -0.980. The number of halogens is 1. The third kappa shape index (κ3) is 4.60. The lowest BCUT2D eigenvalue weighted by atomic mass is 9.86. The Bertz CT molecular complexity index is 584. The highest BCUT2D eigenvalue weighted by atomic mass is 127. The van der Waals surface area contributed by atoms with Crippen molar-refractivity contribution in [3.05, 3.63) is 29.8 Å². The molecule has 0 bridgehead atoms. The van der Waals surface area contributed by atoms with Gasteiger partial charge in [0, 0.05) is 32.6 Å². The Balaban J connectivity index is 0.00000225. The zero-order valence-corrected chi connectivity index (χ0v) is 18.1. The largest absolute Gasteiger partial charge is 0.496 e. The number of hydrogen-bond donors (Lipinski definition) is 1. The third-order valence-electron chi connectivity index (χ3n) is 5.85. The molecule has 0 amide bonds. The molecular formula is C20H32IN3O. The van der Waals surface area contributed by atoms with E-state index in [1.165, 1.54) is 44.2 Å². The Labute approximate surface area is 169 Å². The second-order valence-corrected chi connectivity index (χ2v) is 7.45. The van der Waals surface area contributed by atoms with Gasteiger partial charge in [-0.25, -0.2) is 0 Å². The fraction of sp³-hybridized carbons (Fsp3) is 0.650. The number of ether oxygens (including phenoxy) is 1. The van der Waals surface area contributed by atoms with Gasteiger partial charge in [0.1, 0.15) is 5.75 Å². The molecule has 2 fully saturated rings. The molecule has 1 aliphatic heterocycles. The van der Waals surface area contributed by atoms with Crippen molar-refractivity contribution < 1.29 is 4.74 Å². The minimum atomic E-state index is 0. The van der Waals surface area contributed by atoms with Crippen molar-refractivity contribution in [3.63, 3.8) is 0 Å². The molecule has 0 radical (unpaired) electrons. The topological polar surface area (TPSA) is 36.9 Å². The lowest BCUT2D eigenvalue weighted by Gasteiger charge is -2.27. The van der Waals surface area contributed by atoms with Crippen molar-refractivity contribution in [2.24, 2.45) is 10.4 Å². The molecule has 1 aliphatic carbocycles. The van der Waals surface area contributed by atoms with Crippen molar-refractivity contribution in [2.45, 2.75) is 44.9 Å². The Morgan fingerprint density at radius 1 is 1.28 bits per heavy atom. The lowest BCUT2D eigenvalue weighted by Crippen LogP contribution is -2.42. The molecule has 1 saturated carbocycles. The number of para-hydroxylation sites is 1. The van der Waals surface area contributed by atoms with Crippen LogP contribution in [0.5, 0.6) is 5.75 Å². The van der Waals surface area contributed by atoms with Gasteiger partial charge in [0.15, 0.2) is 5.96 Å². The van der Waals surface area contributed by atoms with Gasteiger partial charge in [-0.15, -0.1) is 24.0 Å². The van der Waals surface area contributed by atoms with Crippen LogP contribution in [0.25, 0.3) is 0 Å². The van der Waals surface area contributed by atoms with Crippen LogP contribution in [0.1, 0.15) is 50.5 Å². The van der Waals surface area contributed by atoms with E-state index in [9.17, 15) is 0 Å². The summed E-state index contributed by atoms with van der Waals surface area (Å²) < 4.78 is 5.49. The number of methoxy groups -OCH3 is 1. The van der Waals surface area contributed by atoms with Crippen LogP contribution in [-0.2, 0) is 0 Å². The van der Waals surface area contributed by atoms with Gasteiger partial charge in [0.05, 0.1) is 7.11 Å². The smallest absolute Gasteiger partial charge is 0.193 e. The van der Waals surface area contributed by atoms with Gasteiger partial charge in [0.25, 0.3) is 0 Å². The molecule has 1 spiro atoms. The fourth-order valence-corrected chi connectivity index (χ4v) is 4.41. The first-order valence-electron chi connectivity index (χ1n) is 9.26. The van der Waals surface area contributed by atoms with Crippen molar-refractivity contribution in [1.82, 2.24) is 10.2 Å². The van der Waals surface area contributed by atoms with E-state index in [0.717, 1.165) is 24.8 Å². The molecule has 2 aliphatic rings. The SMILES string of the molecule is CN=C(NCC(C)c1ccccc1OC)N1CCC2(CCCC2)C1.I. The number of rotatable bonds is 4. The van der Waals surface area contributed by atoms with E-state index in [0.29, 0.717) is 11.3 Å². The molecular weight excluding hydrogens is 425 g/mol. The summed E-state index contributed by atoms with van der Waals surface area (Å²) in [5.41, 5.74) is 1.82. The van der Waals surface area contributed by atoms with Crippen molar-refractivity contribution in [2.75, 3.05) is 33.8 Å². The van der Waals surface area contributed by atoms with E-state index in [1.54, 1.807) is 7.11 Å². The molecule has 1 aromatic rings.